The Morgan fingerprint density at radius 2 is 1.83 bits per heavy atom. The van der Waals surface area contributed by atoms with Crippen LogP contribution in [0.25, 0.3) is 0 Å². The number of benzene rings is 2. The van der Waals surface area contributed by atoms with Crippen LogP contribution in [-0.2, 0) is 13.2 Å². The van der Waals surface area contributed by atoms with E-state index in [1.807, 2.05) is 37.3 Å². The zero-order valence-electron chi connectivity index (χ0n) is 16.7. The van der Waals surface area contributed by atoms with Gasteiger partial charge in [0.1, 0.15) is 19.3 Å². The van der Waals surface area contributed by atoms with Gasteiger partial charge in [0, 0.05) is 11.6 Å². The van der Waals surface area contributed by atoms with Crippen molar-refractivity contribution in [3.8, 4) is 17.2 Å². The molecule has 8 nitrogen and oxygen atoms in total. The fourth-order valence-electron chi connectivity index (χ4n) is 2.84. The summed E-state index contributed by atoms with van der Waals surface area (Å²) in [6.07, 6.45) is 3.06. The molecule has 1 N–H and O–H groups in total. The molecule has 8 heteroatoms. The molecular formula is C21H24N4O4. The molecule has 3 aromatic rings. The Morgan fingerprint density at radius 1 is 1.14 bits per heavy atom. The van der Waals surface area contributed by atoms with Crippen LogP contribution in [0.2, 0.25) is 0 Å². The summed E-state index contributed by atoms with van der Waals surface area (Å²) in [5, 5.41) is 6.98. The maximum Gasteiger partial charge on any atom is 0.251 e. The number of hydrogen-bond donors (Lipinski definition) is 1. The number of ether oxygens (including phenoxy) is 3. The third-order valence-corrected chi connectivity index (χ3v) is 4.25. The van der Waals surface area contributed by atoms with Gasteiger partial charge in [-0.05, 0) is 24.6 Å². The lowest BCUT2D eigenvalue weighted by Crippen LogP contribution is -2.35. The summed E-state index contributed by atoms with van der Waals surface area (Å²) in [6, 6.07) is 12.9. The molecule has 29 heavy (non-hydrogen) atoms. The second-order valence-electron chi connectivity index (χ2n) is 6.48. The largest absolute Gasteiger partial charge is 0.493 e. The van der Waals surface area contributed by atoms with Crippen molar-refractivity contribution in [1.82, 2.24) is 20.1 Å². The van der Waals surface area contributed by atoms with E-state index in [4.69, 9.17) is 14.2 Å². The number of methoxy groups -OCH3 is 2. The van der Waals surface area contributed by atoms with E-state index >= 15 is 0 Å². The highest BCUT2D eigenvalue weighted by Crippen LogP contribution is 2.39. The number of carbonyl (C=O) groups is 1. The average Bonchev–Trinajstić information content (AvgIpc) is 3.25. The summed E-state index contributed by atoms with van der Waals surface area (Å²) >= 11 is 0. The molecule has 0 spiro atoms. The van der Waals surface area contributed by atoms with Crippen molar-refractivity contribution < 1.29 is 19.0 Å². The molecule has 1 amide bonds. The van der Waals surface area contributed by atoms with Crippen LogP contribution in [-0.4, -0.2) is 40.9 Å². The van der Waals surface area contributed by atoms with Crippen LogP contribution in [0.4, 0.5) is 0 Å². The molecule has 1 atom stereocenters. The van der Waals surface area contributed by atoms with Crippen LogP contribution < -0.4 is 19.5 Å². The highest BCUT2D eigenvalue weighted by atomic mass is 16.5. The van der Waals surface area contributed by atoms with Gasteiger partial charge in [-0.15, -0.1) is 0 Å². The molecule has 0 saturated heterocycles. The predicted octanol–water partition coefficient (Wildman–Crippen LogP) is 2.69. The fraction of sp³-hybridized carbons (Fsp3) is 0.286. The summed E-state index contributed by atoms with van der Waals surface area (Å²) in [5.41, 5.74) is 1.43. The van der Waals surface area contributed by atoms with Crippen molar-refractivity contribution in [3.63, 3.8) is 0 Å². The van der Waals surface area contributed by atoms with Crippen LogP contribution in [0.15, 0.2) is 55.1 Å². The van der Waals surface area contributed by atoms with Gasteiger partial charge in [0.15, 0.2) is 11.5 Å². The Balaban J connectivity index is 1.74. The van der Waals surface area contributed by atoms with Gasteiger partial charge in [0.25, 0.3) is 5.91 Å². The van der Waals surface area contributed by atoms with E-state index in [9.17, 15) is 4.79 Å². The Morgan fingerprint density at radius 3 is 2.41 bits per heavy atom. The fourth-order valence-corrected chi connectivity index (χ4v) is 2.84. The number of nitrogens with zero attached hydrogens (tertiary/aromatic N) is 3. The van der Waals surface area contributed by atoms with Gasteiger partial charge in [0.05, 0.1) is 20.8 Å². The minimum absolute atomic E-state index is 0.143. The van der Waals surface area contributed by atoms with Gasteiger partial charge in [0.2, 0.25) is 5.75 Å². The first-order valence-electron chi connectivity index (χ1n) is 9.16. The maximum atomic E-state index is 12.7. The Hall–Kier alpha value is -3.55. The first-order valence-corrected chi connectivity index (χ1v) is 9.16. The van der Waals surface area contributed by atoms with Crippen LogP contribution >= 0.6 is 0 Å². The van der Waals surface area contributed by atoms with Gasteiger partial charge in [-0.3, -0.25) is 9.48 Å². The van der Waals surface area contributed by atoms with Crippen molar-refractivity contribution in [2.24, 2.45) is 0 Å². The molecule has 152 valence electrons. The van der Waals surface area contributed by atoms with Gasteiger partial charge < -0.3 is 19.5 Å². The third kappa shape index (κ3) is 5.25. The van der Waals surface area contributed by atoms with Crippen molar-refractivity contribution in [2.45, 2.75) is 26.1 Å². The molecule has 0 saturated carbocycles. The van der Waals surface area contributed by atoms with Crippen molar-refractivity contribution in [2.75, 3.05) is 14.2 Å². The van der Waals surface area contributed by atoms with Crippen LogP contribution in [0.5, 0.6) is 17.2 Å². The van der Waals surface area contributed by atoms with E-state index in [2.05, 4.69) is 15.4 Å². The number of amides is 1. The quantitative estimate of drug-likeness (QED) is 0.598. The highest BCUT2D eigenvalue weighted by molar-refractivity contribution is 5.95. The second kappa shape index (κ2) is 9.59. The van der Waals surface area contributed by atoms with Gasteiger partial charge in [-0.1, -0.05) is 30.3 Å². The van der Waals surface area contributed by atoms with Crippen molar-refractivity contribution >= 4 is 5.91 Å². The summed E-state index contributed by atoms with van der Waals surface area (Å²) in [7, 11) is 3.05. The standard InChI is InChI=1S/C21H24N4O4/c1-15(11-25-14-22-13-23-25)24-21(26)17-9-18(27-2)20(19(10-17)28-3)29-12-16-7-5-4-6-8-16/h4-10,13-15H,11-12H2,1-3H3,(H,24,26)/t15-/m1/s1. The molecule has 0 aliphatic rings. The second-order valence-corrected chi connectivity index (χ2v) is 6.48. The molecule has 0 aliphatic heterocycles. The molecule has 0 radical (unpaired) electrons. The Labute approximate surface area is 169 Å². The number of carbonyl (C=O) groups excluding carboxylic acids is 1. The van der Waals surface area contributed by atoms with E-state index in [1.54, 1.807) is 23.1 Å². The zero-order valence-corrected chi connectivity index (χ0v) is 16.7. The number of aromatic nitrogens is 3. The lowest BCUT2D eigenvalue weighted by Gasteiger charge is -2.18. The van der Waals surface area contributed by atoms with Crippen LogP contribution in [0.1, 0.15) is 22.8 Å². The van der Waals surface area contributed by atoms with Crippen molar-refractivity contribution in [3.05, 3.63) is 66.2 Å². The lowest BCUT2D eigenvalue weighted by molar-refractivity contribution is 0.0935. The minimum atomic E-state index is -0.246. The predicted molar refractivity (Wildman–Crippen MR) is 107 cm³/mol. The van der Waals surface area contributed by atoms with Crippen LogP contribution in [0, 0.1) is 0 Å². The van der Waals surface area contributed by atoms with E-state index < -0.39 is 0 Å². The number of nitrogens with one attached hydrogen (secondary N) is 1. The Kier molecular flexibility index (Phi) is 6.67. The molecule has 0 aliphatic carbocycles. The smallest absolute Gasteiger partial charge is 0.251 e. The molecule has 1 heterocycles. The van der Waals surface area contributed by atoms with E-state index in [-0.39, 0.29) is 11.9 Å². The molecule has 3 rings (SSSR count). The summed E-state index contributed by atoms with van der Waals surface area (Å²) in [4.78, 5) is 16.6. The number of rotatable bonds is 9. The first kappa shape index (κ1) is 20.2. The minimum Gasteiger partial charge on any atom is -0.493 e. The maximum absolute atomic E-state index is 12.7. The molecule has 2 aromatic carbocycles. The first-order chi connectivity index (χ1) is 14.1. The number of hydrogen-bond acceptors (Lipinski definition) is 6. The summed E-state index contributed by atoms with van der Waals surface area (Å²) < 4.78 is 18.5. The third-order valence-electron chi connectivity index (χ3n) is 4.25. The summed E-state index contributed by atoms with van der Waals surface area (Å²) in [5.74, 6) is 1.05. The molecule has 1 aromatic heterocycles. The molecule has 0 unspecified atom stereocenters. The van der Waals surface area contributed by atoms with E-state index in [0.717, 1.165) is 5.56 Å². The molecule has 0 fully saturated rings. The van der Waals surface area contributed by atoms with Gasteiger partial charge >= 0.3 is 0 Å². The topological polar surface area (TPSA) is 87.5 Å². The Bertz CT molecular complexity index is 904. The molecular weight excluding hydrogens is 372 g/mol. The SMILES string of the molecule is COc1cc(C(=O)N[C@H](C)Cn2cncn2)cc(OC)c1OCc1ccccc1. The average molecular weight is 396 g/mol. The van der Waals surface area contributed by atoms with Gasteiger partial charge in [-0.2, -0.15) is 5.10 Å². The van der Waals surface area contributed by atoms with E-state index in [1.165, 1.54) is 20.5 Å². The zero-order chi connectivity index (χ0) is 20.6. The normalized spacial score (nSPS) is 11.6. The molecule has 0 bridgehead atoms. The van der Waals surface area contributed by atoms with Crippen molar-refractivity contribution in [1.29, 1.82) is 0 Å². The monoisotopic (exact) mass is 396 g/mol. The lowest BCUT2D eigenvalue weighted by atomic mass is 10.1. The summed E-state index contributed by atoms with van der Waals surface area (Å²) in [6.45, 7) is 2.76. The van der Waals surface area contributed by atoms with E-state index in [0.29, 0.717) is 36.0 Å². The van der Waals surface area contributed by atoms with Crippen LogP contribution in [0.3, 0.4) is 0 Å². The van der Waals surface area contributed by atoms with Gasteiger partial charge in [-0.25, -0.2) is 4.98 Å². The highest BCUT2D eigenvalue weighted by Gasteiger charge is 2.19.